The highest BCUT2D eigenvalue weighted by Gasteiger charge is 2.23. The van der Waals surface area contributed by atoms with Crippen molar-refractivity contribution in [1.29, 1.82) is 0 Å². The average Bonchev–Trinajstić information content (AvgIpc) is 2.95. The molecule has 1 aromatic carbocycles. The number of carbonyl (C=O) groups excluding carboxylic acids is 1. The molecule has 0 spiro atoms. The van der Waals surface area contributed by atoms with Gasteiger partial charge in [0.2, 0.25) is 15.9 Å². The van der Waals surface area contributed by atoms with Gasteiger partial charge in [-0.05, 0) is 13.0 Å². The Morgan fingerprint density at radius 1 is 1.38 bits per heavy atom. The molecular weight excluding hydrogens is 334 g/mol. The first kappa shape index (κ1) is 17.8. The topological polar surface area (TPSA) is 102 Å². The predicted molar refractivity (Wildman–Crippen MR) is 88.3 cm³/mol. The summed E-state index contributed by atoms with van der Waals surface area (Å²) in [4.78, 5) is 12.1. The monoisotopic (exact) mass is 353 g/mol. The zero-order chi connectivity index (χ0) is 17.7. The quantitative estimate of drug-likeness (QED) is 0.799. The Balaban J connectivity index is 2.06. The lowest BCUT2D eigenvalue weighted by Gasteiger charge is -2.18. The van der Waals surface area contributed by atoms with Gasteiger partial charge in [0.05, 0.1) is 13.4 Å². The number of hydrogen-bond acceptors (Lipinski definition) is 6. The summed E-state index contributed by atoms with van der Waals surface area (Å²) in [5.74, 6) is 0.701. The highest BCUT2D eigenvalue weighted by molar-refractivity contribution is 7.92. The number of anilines is 1. The fourth-order valence-corrected chi connectivity index (χ4v) is 2.85. The summed E-state index contributed by atoms with van der Waals surface area (Å²) < 4.78 is 34.8. The van der Waals surface area contributed by atoms with Crippen LogP contribution in [-0.2, 0) is 21.4 Å². The van der Waals surface area contributed by atoms with E-state index in [1.807, 2.05) is 18.2 Å². The van der Waals surface area contributed by atoms with Crippen LogP contribution in [0, 0.1) is 6.92 Å². The summed E-state index contributed by atoms with van der Waals surface area (Å²) in [7, 11) is -2.13. The van der Waals surface area contributed by atoms with Gasteiger partial charge in [-0.2, -0.15) is 0 Å². The van der Waals surface area contributed by atoms with Gasteiger partial charge in [0.1, 0.15) is 18.1 Å². The Morgan fingerprint density at radius 3 is 2.67 bits per heavy atom. The lowest BCUT2D eigenvalue weighted by Crippen LogP contribution is -2.40. The number of ether oxygens (including phenoxy) is 1. The second-order valence-electron chi connectivity index (χ2n) is 5.15. The fourth-order valence-electron chi connectivity index (χ4n) is 2.07. The minimum Gasteiger partial charge on any atom is -0.496 e. The summed E-state index contributed by atoms with van der Waals surface area (Å²) >= 11 is 0. The SMILES string of the molecule is COc1ccccc1CNC(=O)CN(c1cc(C)on1)S(C)(=O)=O. The molecule has 0 aliphatic carbocycles. The number of nitrogens with zero attached hydrogens (tertiary/aromatic N) is 2. The average molecular weight is 353 g/mol. The number of para-hydroxylation sites is 1. The van der Waals surface area contributed by atoms with Crippen LogP contribution in [0.25, 0.3) is 0 Å². The standard InChI is InChI=1S/C15H19N3O5S/c1-11-8-14(17-23-11)18(24(3,20)21)10-15(19)16-9-12-6-4-5-7-13(12)22-2/h4-8H,9-10H2,1-3H3,(H,16,19). The molecule has 0 aliphatic rings. The maximum atomic E-state index is 12.1. The van der Waals surface area contributed by atoms with E-state index < -0.39 is 15.9 Å². The summed E-state index contributed by atoms with van der Waals surface area (Å²) in [5, 5.41) is 6.32. The highest BCUT2D eigenvalue weighted by atomic mass is 32.2. The summed E-state index contributed by atoms with van der Waals surface area (Å²) in [6.45, 7) is 1.47. The van der Waals surface area contributed by atoms with Crippen molar-refractivity contribution >= 4 is 21.7 Å². The Morgan fingerprint density at radius 2 is 2.08 bits per heavy atom. The van der Waals surface area contributed by atoms with E-state index in [0.29, 0.717) is 11.5 Å². The number of sulfonamides is 1. The van der Waals surface area contributed by atoms with Crippen LogP contribution < -0.4 is 14.4 Å². The van der Waals surface area contributed by atoms with Crippen molar-refractivity contribution in [3.63, 3.8) is 0 Å². The first-order chi connectivity index (χ1) is 11.3. The van der Waals surface area contributed by atoms with E-state index >= 15 is 0 Å². The van der Waals surface area contributed by atoms with E-state index in [2.05, 4.69) is 10.5 Å². The minimum atomic E-state index is -3.67. The molecule has 0 unspecified atom stereocenters. The second kappa shape index (κ2) is 7.35. The largest absolute Gasteiger partial charge is 0.496 e. The third-order valence-corrected chi connectivity index (χ3v) is 4.34. The molecule has 0 aliphatic heterocycles. The van der Waals surface area contributed by atoms with Gasteiger partial charge in [-0.1, -0.05) is 23.4 Å². The highest BCUT2D eigenvalue weighted by Crippen LogP contribution is 2.18. The minimum absolute atomic E-state index is 0.0717. The number of aromatic nitrogens is 1. The van der Waals surface area contributed by atoms with Crippen LogP contribution in [0.1, 0.15) is 11.3 Å². The molecule has 0 saturated carbocycles. The van der Waals surface area contributed by atoms with Crippen LogP contribution in [0.4, 0.5) is 5.82 Å². The summed E-state index contributed by atoms with van der Waals surface area (Å²) in [6.07, 6.45) is 1.00. The molecule has 0 radical (unpaired) electrons. The first-order valence-electron chi connectivity index (χ1n) is 7.11. The summed E-state index contributed by atoms with van der Waals surface area (Å²) in [6, 6.07) is 8.69. The molecule has 24 heavy (non-hydrogen) atoms. The number of methoxy groups -OCH3 is 1. The molecule has 8 nitrogen and oxygen atoms in total. The van der Waals surface area contributed by atoms with Crippen LogP contribution in [0.5, 0.6) is 5.75 Å². The van der Waals surface area contributed by atoms with Gasteiger partial charge < -0.3 is 14.6 Å². The number of nitrogens with one attached hydrogen (secondary N) is 1. The first-order valence-corrected chi connectivity index (χ1v) is 8.95. The Kier molecular flexibility index (Phi) is 5.45. The molecule has 1 amide bonds. The van der Waals surface area contributed by atoms with Crippen molar-refractivity contribution in [3.05, 3.63) is 41.7 Å². The number of amides is 1. The van der Waals surface area contributed by atoms with Gasteiger partial charge in [0, 0.05) is 18.2 Å². The van der Waals surface area contributed by atoms with Crippen molar-refractivity contribution < 1.29 is 22.5 Å². The summed E-state index contributed by atoms with van der Waals surface area (Å²) in [5.41, 5.74) is 0.788. The van der Waals surface area contributed by atoms with Crippen LogP contribution in [-0.4, -0.2) is 39.4 Å². The van der Waals surface area contributed by atoms with Crippen LogP contribution >= 0.6 is 0 Å². The smallest absolute Gasteiger partial charge is 0.241 e. The van der Waals surface area contributed by atoms with E-state index in [0.717, 1.165) is 16.1 Å². The maximum Gasteiger partial charge on any atom is 0.241 e. The van der Waals surface area contributed by atoms with E-state index in [1.165, 1.54) is 6.07 Å². The van der Waals surface area contributed by atoms with Crippen molar-refractivity contribution in [2.45, 2.75) is 13.5 Å². The number of benzene rings is 1. The Labute approximate surface area is 140 Å². The van der Waals surface area contributed by atoms with Gasteiger partial charge in [0.15, 0.2) is 5.82 Å². The fraction of sp³-hybridized carbons (Fsp3) is 0.333. The zero-order valence-corrected chi connectivity index (χ0v) is 14.5. The molecule has 0 fully saturated rings. The van der Waals surface area contributed by atoms with Crippen molar-refractivity contribution in [3.8, 4) is 5.75 Å². The van der Waals surface area contributed by atoms with Gasteiger partial charge in [0.25, 0.3) is 0 Å². The number of aryl methyl sites for hydroxylation is 1. The number of carbonyl (C=O) groups is 1. The Bertz CT molecular complexity index is 816. The number of rotatable bonds is 7. The molecular formula is C15H19N3O5S. The molecule has 0 atom stereocenters. The van der Waals surface area contributed by atoms with Crippen LogP contribution in [0.15, 0.2) is 34.9 Å². The normalized spacial score (nSPS) is 11.1. The van der Waals surface area contributed by atoms with Gasteiger partial charge >= 0.3 is 0 Å². The maximum absolute atomic E-state index is 12.1. The molecule has 0 bridgehead atoms. The molecule has 9 heteroatoms. The zero-order valence-electron chi connectivity index (χ0n) is 13.6. The van der Waals surface area contributed by atoms with Crippen LogP contribution in [0.3, 0.4) is 0 Å². The molecule has 1 heterocycles. The Hall–Kier alpha value is -2.55. The molecule has 1 aromatic heterocycles. The van der Waals surface area contributed by atoms with Gasteiger partial charge in [-0.3, -0.25) is 4.79 Å². The van der Waals surface area contributed by atoms with E-state index in [4.69, 9.17) is 9.26 Å². The molecule has 0 saturated heterocycles. The lowest BCUT2D eigenvalue weighted by atomic mass is 10.2. The van der Waals surface area contributed by atoms with Crippen molar-refractivity contribution in [2.24, 2.45) is 0 Å². The second-order valence-corrected chi connectivity index (χ2v) is 7.06. The van der Waals surface area contributed by atoms with Crippen LogP contribution in [0.2, 0.25) is 0 Å². The van der Waals surface area contributed by atoms with E-state index in [9.17, 15) is 13.2 Å². The molecule has 130 valence electrons. The third kappa shape index (κ3) is 4.48. The predicted octanol–water partition coefficient (Wildman–Crippen LogP) is 1.07. The van der Waals surface area contributed by atoms with Gasteiger partial charge in [-0.25, -0.2) is 12.7 Å². The van der Waals surface area contributed by atoms with E-state index in [1.54, 1.807) is 20.1 Å². The molecule has 1 N–H and O–H groups in total. The van der Waals surface area contributed by atoms with E-state index in [-0.39, 0.29) is 18.9 Å². The number of hydrogen-bond donors (Lipinski definition) is 1. The van der Waals surface area contributed by atoms with Crippen molar-refractivity contribution in [1.82, 2.24) is 10.5 Å². The molecule has 2 aromatic rings. The molecule has 2 rings (SSSR count). The van der Waals surface area contributed by atoms with Crippen molar-refractivity contribution in [2.75, 3.05) is 24.2 Å². The lowest BCUT2D eigenvalue weighted by molar-refractivity contribution is -0.119. The third-order valence-electron chi connectivity index (χ3n) is 3.23. The van der Waals surface area contributed by atoms with Gasteiger partial charge in [-0.15, -0.1) is 0 Å².